The Morgan fingerprint density at radius 3 is 2.35 bits per heavy atom. The second kappa shape index (κ2) is 7.68. The third-order valence-electron chi connectivity index (χ3n) is 3.17. The van der Waals surface area contributed by atoms with E-state index >= 15 is 0 Å². The normalized spacial score (nSPS) is 12.1. The van der Waals surface area contributed by atoms with Gasteiger partial charge in [0, 0.05) is 6.54 Å². The van der Waals surface area contributed by atoms with E-state index in [2.05, 4.69) is 5.32 Å². The highest BCUT2D eigenvalue weighted by Gasteiger charge is 2.08. The zero-order chi connectivity index (χ0) is 14.2. The number of nitrogens with one attached hydrogen (secondary N) is 1. The highest BCUT2D eigenvalue weighted by Crippen LogP contribution is 2.15. The van der Waals surface area contributed by atoms with E-state index in [0.717, 1.165) is 11.3 Å². The fourth-order valence-corrected chi connectivity index (χ4v) is 2.08. The monoisotopic (exact) mass is 271 g/mol. The Bertz CT molecular complexity index is 496. The van der Waals surface area contributed by atoms with Crippen molar-refractivity contribution in [2.45, 2.75) is 19.5 Å². The number of rotatable bonds is 7. The molecule has 0 aliphatic heterocycles. The molecular weight excluding hydrogens is 250 g/mol. The summed E-state index contributed by atoms with van der Waals surface area (Å²) in [6.45, 7) is 3.45. The van der Waals surface area contributed by atoms with Crippen molar-refractivity contribution >= 4 is 0 Å². The largest absolute Gasteiger partial charge is 0.494 e. The summed E-state index contributed by atoms with van der Waals surface area (Å²) in [7, 11) is 0. The first kappa shape index (κ1) is 14.6. The van der Waals surface area contributed by atoms with Crippen LogP contribution >= 0.6 is 0 Å². The topological polar surface area (TPSA) is 41.5 Å². The number of aliphatic hydroxyl groups is 1. The van der Waals surface area contributed by atoms with E-state index in [0.29, 0.717) is 13.2 Å². The SMILES string of the molecule is CCOc1ccc(CNC(CO)c2ccccc2)cc1. The number of hydrogen-bond donors (Lipinski definition) is 2. The van der Waals surface area contributed by atoms with Gasteiger partial charge in [0.1, 0.15) is 5.75 Å². The average molecular weight is 271 g/mol. The molecule has 0 bridgehead atoms. The Morgan fingerprint density at radius 2 is 1.75 bits per heavy atom. The summed E-state index contributed by atoms with van der Waals surface area (Å²) >= 11 is 0. The minimum atomic E-state index is -0.0391. The van der Waals surface area contributed by atoms with Crippen molar-refractivity contribution in [3.05, 3.63) is 65.7 Å². The Hall–Kier alpha value is -1.84. The van der Waals surface area contributed by atoms with E-state index in [4.69, 9.17) is 4.74 Å². The molecule has 20 heavy (non-hydrogen) atoms. The number of hydrogen-bond acceptors (Lipinski definition) is 3. The van der Waals surface area contributed by atoms with Crippen LogP contribution in [0.2, 0.25) is 0 Å². The Morgan fingerprint density at radius 1 is 1.05 bits per heavy atom. The van der Waals surface area contributed by atoms with Gasteiger partial charge in [-0.2, -0.15) is 0 Å². The molecule has 0 aliphatic rings. The zero-order valence-corrected chi connectivity index (χ0v) is 11.8. The summed E-state index contributed by atoms with van der Waals surface area (Å²) in [5.41, 5.74) is 2.27. The third-order valence-corrected chi connectivity index (χ3v) is 3.17. The van der Waals surface area contributed by atoms with E-state index < -0.39 is 0 Å². The van der Waals surface area contributed by atoms with Gasteiger partial charge in [-0.1, -0.05) is 42.5 Å². The Balaban J connectivity index is 1.93. The summed E-state index contributed by atoms with van der Waals surface area (Å²) < 4.78 is 5.42. The summed E-state index contributed by atoms with van der Waals surface area (Å²) in [6.07, 6.45) is 0. The second-order valence-corrected chi connectivity index (χ2v) is 4.60. The fraction of sp³-hybridized carbons (Fsp3) is 0.294. The molecule has 2 aromatic carbocycles. The zero-order valence-electron chi connectivity index (χ0n) is 11.8. The van der Waals surface area contributed by atoms with Crippen molar-refractivity contribution in [2.24, 2.45) is 0 Å². The van der Waals surface area contributed by atoms with Crippen LogP contribution in [0.1, 0.15) is 24.1 Å². The van der Waals surface area contributed by atoms with Gasteiger partial charge in [-0.15, -0.1) is 0 Å². The smallest absolute Gasteiger partial charge is 0.119 e. The van der Waals surface area contributed by atoms with Crippen LogP contribution in [0.5, 0.6) is 5.75 Å². The molecule has 0 aliphatic carbocycles. The van der Waals surface area contributed by atoms with Gasteiger partial charge in [0.15, 0.2) is 0 Å². The highest BCUT2D eigenvalue weighted by molar-refractivity contribution is 5.27. The minimum Gasteiger partial charge on any atom is -0.494 e. The maximum absolute atomic E-state index is 9.49. The Kier molecular flexibility index (Phi) is 5.59. The molecule has 2 rings (SSSR count). The molecule has 0 saturated heterocycles. The molecule has 0 radical (unpaired) electrons. The minimum absolute atomic E-state index is 0.0391. The maximum atomic E-state index is 9.49. The molecule has 2 N–H and O–H groups in total. The van der Waals surface area contributed by atoms with E-state index in [9.17, 15) is 5.11 Å². The van der Waals surface area contributed by atoms with Gasteiger partial charge in [-0.05, 0) is 30.2 Å². The van der Waals surface area contributed by atoms with Gasteiger partial charge in [-0.25, -0.2) is 0 Å². The lowest BCUT2D eigenvalue weighted by Gasteiger charge is -2.17. The van der Waals surface area contributed by atoms with Crippen LogP contribution in [0.15, 0.2) is 54.6 Å². The molecule has 0 heterocycles. The average Bonchev–Trinajstić information content (AvgIpc) is 2.51. The lowest BCUT2D eigenvalue weighted by molar-refractivity contribution is 0.243. The van der Waals surface area contributed by atoms with Crippen molar-refractivity contribution in [1.29, 1.82) is 0 Å². The van der Waals surface area contributed by atoms with Gasteiger partial charge in [0.05, 0.1) is 19.3 Å². The first-order valence-electron chi connectivity index (χ1n) is 6.94. The van der Waals surface area contributed by atoms with Crippen molar-refractivity contribution in [3.8, 4) is 5.75 Å². The Labute approximate surface area is 120 Å². The van der Waals surface area contributed by atoms with E-state index in [1.807, 2.05) is 61.5 Å². The van der Waals surface area contributed by atoms with Crippen LogP contribution in [-0.4, -0.2) is 18.3 Å². The van der Waals surface area contributed by atoms with Crippen LogP contribution in [0.4, 0.5) is 0 Å². The van der Waals surface area contributed by atoms with Crippen LogP contribution in [0.25, 0.3) is 0 Å². The summed E-state index contributed by atoms with van der Waals surface area (Å²) in [6, 6.07) is 18.0. The molecule has 106 valence electrons. The molecule has 1 atom stereocenters. The molecule has 3 nitrogen and oxygen atoms in total. The summed E-state index contributed by atoms with van der Waals surface area (Å²) in [5, 5.41) is 12.9. The maximum Gasteiger partial charge on any atom is 0.119 e. The van der Waals surface area contributed by atoms with Gasteiger partial charge in [0.25, 0.3) is 0 Å². The van der Waals surface area contributed by atoms with E-state index in [-0.39, 0.29) is 12.6 Å². The van der Waals surface area contributed by atoms with E-state index in [1.54, 1.807) is 0 Å². The first-order valence-corrected chi connectivity index (χ1v) is 6.94. The van der Waals surface area contributed by atoms with Crippen LogP contribution in [-0.2, 0) is 6.54 Å². The van der Waals surface area contributed by atoms with Gasteiger partial charge < -0.3 is 15.2 Å². The molecule has 3 heteroatoms. The summed E-state index contributed by atoms with van der Waals surface area (Å²) in [5.74, 6) is 0.887. The number of ether oxygens (including phenoxy) is 1. The van der Waals surface area contributed by atoms with E-state index in [1.165, 1.54) is 5.56 Å². The molecular formula is C17H21NO2. The van der Waals surface area contributed by atoms with Crippen molar-refractivity contribution < 1.29 is 9.84 Å². The predicted octanol–water partition coefficient (Wildman–Crippen LogP) is 2.91. The molecule has 0 fully saturated rings. The molecule has 2 aromatic rings. The quantitative estimate of drug-likeness (QED) is 0.813. The van der Waals surface area contributed by atoms with Gasteiger partial charge >= 0.3 is 0 Å². The summed E-state index contributed by atoms with van der Waals surface area (Å²) in [4.78, 5) is 0. The number of aliphatic hydroxyl groups excluding tert-OH is 1. The van der Waals surface area contributed by atoms with Crippen LogP contribution in [0, 0.1) is 0 Å². The highest BCUT2D eigenvalue weighted by atomic mass is 16.5. The molecule has 1 unspecified atom stereocenters. The predicted molar refractivity (Wildman–Crippen MR) is 80.7 cm³/mol. The lowest BCUT2D eigenvalue weighted by Crippen LogP contribution is -2.23. The second-order valence-electron chi connectivity index (χ2n) is 4.60. The lowest BCUT2D eigenvalue weighted by atomic mass is 10.1. The molecule has 0 saturated carbocycles. The van der Waals surface area contributed by atoms with Crippen molar-refractivity contribution in [3.63, 3.8) is 0 Å². The third kappa shape index (κ3) is 4.08. The number of benzene rings is 2. The van der Waals surface area contributed by atoms with Crippen molar-refractivity contribution in [2.75, 3.05) is 13.2 Å². The van der Waals surface area contributed by atoms with Crippen molar-refractivity contribution in [1.82, 2.24) is 5.32 Å². The van der Waals surface area contributed by atoms with Crippen LogP contribution < -0.4 is 10.1 Å². The van der Waals surface area contributed by atoms with Gasteiger partial charge in [-0.3, -0.25) is 0 Å². The molecule has 0 amide bonds. The first-order chi connectivity index (χ1) is 9.83. The van der Waals surface area contributed by atoms with Gasteiger partial charge in [0.2, 0.25) is 0 Å². The standard InChI is InChI=1S/C17H21NO2/c1-2-20-16-10-8-14(9-11-16)12-18-17(13-19)15-6-4-3-5-7-15/h3-11,17-19H,2,12-13H2,1H3. The molecule has 0 aromatic heterocycles. The molecule has 0 spiro atoms. The fourth-order valence-electron chi connectivity index (χ4n) is 2.08. The van der Waals surface area contributed by atoms with Crippen LogP contribution in [0.3, 0.4) is 0 Å².